The van der Waals surface area contributed by atoms with E-state index in [0.29, 0.717) is 30.9 Å². The maximum absolute atomic E-state index is 12.4. The first-order chi connectivity index (χ1) is 11.6. The Hall–Kier alpha value is -2.89. The van der Waals surface area contributed by atoms with Crippen molar-refractivity contribution in [3.8, 4) is 5.75 Å². The highest BCUT2D eigenvalue weighted by molar-refractivity contribution is 5.94. The van der Waals surface area contributed by atoms with Crippen LogP contribution in [0.5, 0.6) is 5.75 Å². The van der Waals surface area contributed by atoms with E-state index in [9.17, 15) is 9.59 Å². The van der Waals surface area contributed by atoms with Crippen molar-refractivity contribution in [3.63, 3.8) is 0 Å². The van der Waals surface area contributed by atoms with Crippen molar-refractivity contribution in [2.24, 2.45) is 5.92 Å². The summed E-state index contributed by atoms with van der Waals surface area (Å²) in [5.41, 5.74) is 1.36. The molecule has 6 nitrogen and oxygen atoms in total. The maximum Gasteiger partial charge on any atom is 0.308 e. The average molecular weight is 326 g/mol. The second-order valence-corrected chi connectivity index (χ2v) is 5.71. The lowest BCUT2D eigenvalue weighted by molar-refractivity contribution is -0.141. The number of nitrogens with zero attached hydrogens (tertiary/aromatic N) is 2. The Morgan fingerprint density at radius 1 is 1.21 bits per heavy atom. The fourth-order valence-electron chi connectivity index (χ4n) is 2.66. The van der Waals surface area contributed by atoms with Gasteiger partial charge in [0.15, 0.2) is 0 Å². The van der Waals surface area contributed by atoms with E-state index in [2.05, 4.69) is 4.98 Å². The first-order valence-corrected chi connectivity index (χ1v) is 7.78. The minimum atomic E-state index is -0.844. The first kappa shape index (κ1) is 16.0. The smallest absolute Gasteiger partial charge is 0.308 e. The number of hydrogen-bond acceptors (Lipinski definition) is 4. The SMILES string of the molecule is O=C(O)[C@H]1CCN(C(=O)c2ccc(OCc3ccccn3)cc2)C1. The van der Waals surface area contributed by atoms with Crippen LogP contribution in [0.2, 0.25) is 0 Å². The zero-order valence-corrected chi connectivity index (χ0v) is 13.1. The number of pyridine rings is 1. The van der Waals surface area contributed by atoms with E-state index in [-0.39, 0.29) is 12.5 Å². The molecule has 2 heterocycles. The van der Waals surface area contributed by atoms with Crippen LogP contribution in [0.15, 0.2) is 48.7 Å². The topological polar surface area (TPSA) is 79.7 Å². The number of aliphatic carboxylic acids is 1. The normalized spacial score (nSPS) is 16.8. The number of ether oxygens (including phenoxy) is 1. The quantitative estimate of drug-likeness (QED) is 0.911. The number of benzene rings is 1. The van der Waals surface area contributed by atoms with Gasteiger partial charge in [-0.15, -0.1) is 0 Å². The molecule has 1 atom stereocenters. The summed E-state index contributed by atoms with van der Waals surface area (Å²) < 4.78 is 5.64. The third-order valence-electron chi connectivity index (χ3n) is 4.04. The minimum absolute atomic E-state index is 0.143. The van der Waals surface area contributed by atoms with Gasteiger partial charge in [0.05, 0.1) is 11.6 Å². The Bertz CT molecular complexity index is 716. The van der Waals surface area contributed by atoms with Crippen molar-refractivity contribution >= 4 is 11.9 Å². The minimum Gasteiger partial charge on any atom is -0.487 e. The molecule has 124 valence electrons. The molecule has 0 saturated carbocycles. The molecule has 1 aromatic carbocycles. The van der Waals surface area contributed by atoms with Gasteiger partial charge in [0, 0.05) is 24.8 Å². The summed E-state index contributed by atoms with van der Waals surface area (Å²) in [6.45, 7) is 1.11. The molecular formula is C18H18N2O4. The second-order valence-electron chi connectivity index (χ2n) is 5.71. The molecule has 3 rings (SSSR count). The fraction of sp³-hybridized carbons (Fsp3) is 0.278. The zero-order valence-electron chi connectivity index (χ0n) is 13.1. The van der Waals surface area contributed by atoms with Gasteiger partial charge in [0.25, 0.3) is 5.91 Å². The van der Waals surface area contributed by atoms with Crippen LogP contribution >= 0.6 is 0 Å². The van der Waals surface area contributed by atoms with Crippen molar-refractivity contribution in [1.82, 2.24) is 9.88 Å². The van der Waals surface area contributed by atoms with Crippen LogP contribution in [0.3, 0.4) is 0 Å². The number of likely N-dealkylation sites (tertiary alicyclic amines) is 1. The predicted molar refractivity (Wildman–Crippen MR) is 86.7 cm³/mol. The van der Waals surface area contributed by atoms with Crippen LogP contribution in [0.4, 0.5) is 0 Å². The van der Waals surface area contributed by atoms with E-state index >= 15 is 0 Å². The van der Waals surface area contributed by atoms with Crippen molar-refractivity contribution in [1.29, 1.82) is 0 Å². The first-order valence-electron chi connectivity index (χ1n) is 7.78. The van der Waals surface area contributed by atoms with Crippen LogP contribution in [-0.4, -0.2) is 40.0 Å². The lowest BCUT2D eigenvalue weighted by Gasteiger charge is -2.16. The van der Waals surface area contributed by atoms with E-state index in [1.54, 1.807) is 35.4 Å². The number of carboxylic acid groups (broad SMARTS) is 1. The predicted octanol–water partition coefficient (Wildman–Crippen LogP) is 2.21. The van der Waals surface area contributed by atoms with Crippen LogP contribution < -0.4 is 4.74 Å². The molecule has 1 saturated heterocycles. The van der Waals surface area contributed by atoms with E-state index in [4.69, 9.17) is 9.84 Å². The van der Waals surface area contributed by atoms with Gasteiger partial charge >= 0.3 is 5.97 Å². The van der Waals surface area contributed by atoms with Crippen molar-refractivity contribution in [3.05, 3.63) is 59.9 Å². The highest BCUT2D eigenvalue weighted by Crippen LogP contribution is 2.20. The molecule has 0 bridgehead atoms. The molecule has 0 unspecified atom stereocenters. The van der Waals surface area contributed by atoms with E-state index in [1.165, 1.54) is 0 Å². The molecule has 1 aromatic heterocycles. The average Bonchev–Trinajstić information content (AvgIpc) is 3.11. The van der Waals surface area contributed by atoms with Crippen LogP contribution in [0.25, 0.3) is 0 Å². The molecule has 24 heavy (non-hydrogen) atoms. The van der Waals surface area contributed by atoms with Gasteiger partial charge in [0.2, 0.25) is 0 Å². The number of amides is 1. The Balaban J connectivity index is 1.58. The molecule has 1 fully saturated rings. The summed E-state index contributed by atoms with van der Waals surface area (Å²) in [6.07, 6.45) is 2.22. The molecular weight excluding hydrogens is 308 g/mol. The Kier molecular flexibility index (Phi) is 4.74. The van der Waals surface area contributed by atoms with Crippen LogP contribution in [-0.2, 0) is 11.4 Å². The summed E-state index contributed by atoms with van der Waals surface area (Å²) in [6, 6.07) is 12.5. The molecule has 1 aliphatic rings. The third kappa shape index (κ3) is 3.71. The lowest BCUT2D eigenvalue weighted by Crippen LogP contribution is -2.29. The Labute approximate surface area is 139 Å². The molecule has 0 aliphatic carbocycles. The Morgan fingerprint density at radius 2 is 2.00 bits per heavy atom. The van der Waals surface area contributed by atoms with Gasteiger partial charge in [-0.05, 0) is 42.8 Å². The number of carboxylic acids is 1. The third-order valence-corrected chi connectivity index (χ3v) is 4.04. The molecule has 1 amide bonds. The van der Waals surface area contributed by atoms with Gasteiger partial charge in [-0.1, -0.05) is 6.07 Å². The van der Waals surface area contributed by atoms with Crippen molar-refractivity contribution < 1.29 is 19.4 Å². The second kappa shape index (κ2) is 7.12. The van der Waals surface area contributed by atoms with Gasteiger partial charge in [-0.25, -0.2) is 0 Å². The van der Waals surface area contributed by atoms with Gasteiger partial charge in [0.1, 0.15) is 12.4 Å². The van der Waals surface area contributed by atoms with Gasteiger partial charge in [-0.3, -0.25) is 14.6 Å². The number of rotatable bonds is 5. The Morgan fingerprint density at radius 3 is 2.62 bits per heavy atom. The van der Waals surface area contributed by atoms with Gasteiger partial charge in [-0.2, -0.15) is 0 Å². The van der Waals surface area contributed by atoms with E-state index in [1.807, 2.05) is 18.2 Å². The fourth-order valence-corrected chi connectivity index (χ4v) is 2.66. The largest absolute Gasteiger partial charge is 0.487 e. The summed E-state index contributed by atoms with van der Waals surface area (Å²) in [4.78, 5) is 29.1. The monoisotopic (exact) mass is 326 g/mol. The molecule has 6 heteroatoms. The summed E-state index contributed by atoms with van der Waals surface area (Å²) in [7, 11) is 0. The summed E-state index contributed by atoms with van der Waals surface area (Å²) in [5, 5.41) is 9.01. The number of aromatic nitrogens is 1. The molecule has 1 N–H and O–H groups in total. The lowest BCUT2D eigenvalue weighted by atomic mass is 10.1. The molecule has 1 aliphatic heterocycles. The highest BCUT2D eigenvalue weighted by Gasteiger charge is 2.31. The summed E-state index contributed by atoms with van der Waals surface area (Å²) >= 11 is 0. The molecule has 0 spiro atoms. The number of carbonyl (C=O) groups excluding carboxylic acids is 1. The van der Waals surface area contributed by atoms with E-state index < -0.39 is 11.9 Å². The molecule has 0 radical (unpaired) electrons. The van der Waals surface area contributed by atoms with Crippen LogP contribution in [0.1, 0.15) is 22.5 Å². The standard InChI is InChI=1S/C18H18N2O4/c21-17(20-10-8-14(11-20)18(22)23)13-4-6-16(7-5-13)24-12-15-3-1-2-9-19-15/h1-7,9,14H,8,10-12H2,(H,22,23)/t14-/m0/s1. The maximum atomic E-state index is 12.4. The van der Waals surface area contributed by atoms with Crippen LogP contribution in [0, 0.1) is 5.92 Å². The zero-order chi connectivity index (χ0) is 16.9. The van der Waals surface area contributed by atoms with E-state index in [0.717, 1.165) is 5.69 Å². The molecule has 2 aromatic rings. The summed E-state index contributed by atoms with van der Waals surface area (Å²) in [5.74, 6) is -0.796. The number of hydrogen-bond donors (Lipinski definition) is 1. The number of carbonyl (C=O) groups is 2. The van der Waals surface area contributed by atoms with Crippen molar-refractivity contribution in [2.75, 3.05) is 13.1 Å². The highest BCUT2D eigenvalue weighted by atomic mass is 16.5. The van der Waals surface area contributed by atoms with Gasteiger partial charge < -0.3 is 14.7 Å². The van der Waals surface area contributed by atoms with Crippen molar-refractivity contribution in [2.45, 2.75) is 13.0 Å².